The van der Waals surface area contributed by atoms with Crippen molar-refractivity contribution in [3.05, 3.63) is 66.4 Å². The summed E-state index contributed by atoms with van der Waals surface area (Å²) in [5.41, 5.74) is 2.25. The molecule has 3 aromatic rings. The molecule has 1 N–H and O–H groups in total. The molecule has 0 aliphatic rings. The van der Waals surface area contributed by atoms with Crippen LogP contribution in [0.15, 0.2) is 60.8 Å². The molecule has 2 heterocycles. The molecule has 0 spiro atoms. The number of pyridine rings is 1. The van der Waals surface area contributed by atoms with E-state index in [0.717, 1.165) is 11.3 Å². The van der Waals surface area contributed by atoms with Crippen molar-refractivity contribution in [3.63, 3.8) is 0 Å². The van der Waals surface area contributed by atoms with Crippen LogP contribution >= 0.6 is 0 Å². The number of aromatic nitrogens is 3. The number of hydrogen-bond donors (Lipinski definition) is 1. The molecule has 0 radical (unpaired) electrons. The van der Waals surface area contributed by atoms with E-state index in [-0.39, 0.29) is 5.91 Å². The Bertz CT molecular complexity index is 832. The Hall–Kier alpha value is -3.28. The minimum Gasteiger partial charge on any atom is -0.363 e. The van der Waals surface area contributed by atoms with E-state index in [1.807, 2.05) is 55.4 Å². The second kappa shape index (κ2) is 6.87. The van der Waals surface area contributed by atoms with Crippen molar-refractivity contribution in [2.45, 2.75) is 0 Å². The largest absolute Gasteiger partial charge is 0.363 e. The van der Waals surface area contributed by atoms with Crippen molar-refractivity contribution in [1.82, 2.24) is 15.2 Å². The molecule has 0 saturated carbocycles. The van der Waals surface area contributed by atoms with Gasteiger partial charge in [-0.05, 0) is 24.3 Å². The quantitative estimate of drug-likeness (QED) is 0.800. The number of benzene rings is 1. The van der Waals surface area contributed by atoms with Gasteiger partial charge in [0, 0.05) is 31.4 Å². The first kappa shape index (κ1) is 15.6. The topological polar surface area (TPSA) is 71.0 Å². The van der Waals surface area contributed by atoms with Crippen LogP contribution in [0.1, 0.15) is 10.4 Å². The minimum absolute atomic E-state index is 0.248. The average molecular weight is 319 g/mol. The molecule has 0 saturated heterocycles. The first-order chi connectivity index (χ1) is 11.6. The predicted octanol–water partition coefficient (Wildman–Crippen LogP) is 2.86. The lowest BCUT2D eigenvalue weighted by Gasteiger charge is -2.12. The van der Waals surface area contributed by atoms with Gasteiger partial charge in [-0.25, -0.2) is 4.98 Å². The lowest BCUT2D eigenvalue weighted by atomic mass is 10.1. The molecular weight excluding hydrogens is 302 g/mol. The Morgan fingerprint density at radius 3 is 2.46 bits per heavy atom. The maximum atomic E-state index is 12.3. The Labute approximate surface area is 140 Å². The second-order valence-electron chi connectivity index (χ2n) is 5.42. The van der Waals surface area contributed by atoms with Gasteiger partial charge in [0.15, 0.2) is 5.82 Å². The number of hydrogen-bond acceptors (Lipinski definition) is 5. The highest BCUT2D eigenvalue weighted by atomic mass is 16.1. The molecule has 6 heteroatoms. The van der Waals surface area contributed by atoms with Crippen LogP contribution in [0.25, 0.3) is 11.3 Å². The van der Waals surface area contributed by atoms with Gasteiger partial charge in [0.2, 0.25) is 0 Å². The van der Waals surface area contributed by atoms with E-state index in [0.29, 0.717) is 17.2 Å². The number of nitrogens with zero attached hydrogens (tertiary/aromatic N) is 4. The number of anilines is 2. The lowest BCUT2D eigenvalue weighted by molar-refractivity contribution is 0.102. The van der Waals surface area contributed by atoms with E-state index in [9.17, 15) is 4.79 Å². The SMILES string of the molecule is CN(C)c1cc(C(=O)Nc2ccc(-c3ccccc3)nn2)ccn1. The molecule has 3 rings (SSSR count). The third-order valence-electron chi connectivity index (χ3n) is 3.44. The Morgan fingerprint density at radius 1 is 1.00 bits per heavy atom. The lowest BCUT2D eigenvalue weighted by Crippen LogP contribution is -2.16. The molecule has 0 aliphatic carbocycles. The van der Waals surface area contributed by atoms with E-state index in [4.69, 9.17) is 0 Å². The summed E-state index contributed by atoms with van der Waals surface area (Å²) in [6.45, 7) is 0. The zero-order valence-electron chi connectivity index (χ0n) is 13.5. The van der Waals surface area contributed by atoms with Crippen molar-refractivity contribution in [2.24, 2.45) is 0 Å². The third-order valence-corrected chi connectivity index (χ3v) is 3.44. The summed E-state index contributed by atoms with van der Waals surface area (Å²) in [6, 6.07) is 16.7. The summed E-state index contributed by atoms with van der Waals surface area (Å²) in [7, 11) is 3.75. The minimum atomic E-state index is -0.248. The Morgan fingerprint density at radius 2 is 1.79 bits per heavy atom. The standard InChI is InChI=1S/C18H17N5O/c1-23(2)17-12-14(10-11-19-17)18(24)20-16-9-8-15(21-22-16)13-6-4-3-5-7-13/h3-12H,1-2H3,(H,20,22,24). The number of nitrogens with one attached hydrogen (secondary N) is 1. The van der Waals surface area contributed by atoms with E-state index in [1.54, 1.807) is 24.4 Å². The van der Waals surface area contributed by atoms with Gasteiger partial charge in [-0.15, -0.1) is 10.2 Å². The van der Waals surface area contributed by atoms with E-state index in [2.05, 4.69) is 20.5 Å². The zero-order chi connectivity index (χ0) is 16.9. The van der Waals surface area contributed by atoms with Crippen molar-refractivity contribution in [2.75, 3.05) is 24.3 Å². The molecular formula is C18H17N5O. The monoisotopic (exact) mass is 319 g/mol. The summed E-state index contributed by atoms with van der Waals surface area (Å²) >= 11 is 0. The van der Waals surface area contributed by atoms with Crippen LogP contribution in [0.5, 0.6) is 0 Å². The molecule has 0 aliphatic heterocycles. The molecule has 0 fully saturated rings. The number of amides is 1. The Balaban J connectivity index is 1.74. The van der Waals surface area contributed by atoms with Crippen molar-refractivity contribution < 1.29 is 4.79 Å². The molecule has 1 aromatic carbocycles. The van der Waals surface area contributed by atoms with Gasteiger partial charge in [-0.3, -0.25) is 4.79 Å². The van der Waals surface area contributed by atoms with E-state index < -0.39 is 0 Å². The maximum Gasteiger partial charge on any atom is 0.257 e. The van der Waals surface area contributed by atoms with Gasteiger partial charge in [-0.2, -0.15) is 0 Å². The molecule has 6 nitrogen and oxygen atoms in total. The van der Waals surface area contributed by atoms with Gasteiger partial charge in [0.1, 0.15) is 5.82 Å². The molecule has 1 amide bonds. The van der Waals surface area contributed by atoms with Crippen LogP contribution in [0.2, 0.25) is 0 Å². The second-order valence-corrected chi connectivity index (χ2v) is 5.42. The normalized spacial score (nSPS) is 10.2. The smallest absolute Gasteiger partial charge is 0.257 e. The highest BCUT2D eigenvalue weighted by Crippen LogP contribution is 2.17. The number of carbonyl (C=O) groups is 1. The Kier molecular flexibility index (Phi) is 4.47. The van der Waals surface area contributed by atoms with Crippen LogP contribution in [-0.4, -0.2) is 35.2 Å². The molecule has 120 valence electrons. The van der Waals surface area contributed by atoms with E-state index in [1.165, 1.54) is 0 Å². The summed E-state index contributed by atoms with van der Waals surface area (Å²) in [5, 5.41) is 11.0. The molecule has 0 bridgehead atoms. The fourth-order valence-electron chi connectivity index (χ4n) is 2.15. The number of carbonyl (C=O) groups excluding carboxylic acids is 1. The zero-order valence-corrected chi connectivity index (χ0v) is 13.5. The fraction of sp³-hybridized carbons (Fsp3) is 0.111. The predicted molar refractivity (Wildman–Crippen MR) is 94.0 cm³/mol. The van der Waals surface area contributed by atoms with Crippen molar-refractivity contribution in [3.8, 4) is 11.3 Å². The first-order valence-corrected chi connectivity index (χ1v) is 7.47. The van der Waals surface area contributed by atoms with Crippen molar-refractivity contribution >= 4 is 17.5 Å². The molecule has 0 unspecified atom stereocenters. The molecule has 2 aromatic heterocycles. The highest BCUT2D eigenvalue weighted by molar-refractivity contribution is 6.04. The highest BCUT2D eigenvalue weighted by Gasteiger charge is 2.09. The maximum absolute atomic E-state index is 12.3. The summed E-state index contributed by atoms with van der Waals surface area (Å²) in [6.07, 6.45) is 1.61. The average Bonchev–Trinajstić information content (AvgIpc) is 2.63. The van der Waals surface area contributed by atoms with Crippen LogP contribution in [-0.2, 0) is 0 Å². The van der Waals surface area contributed by atoms with Gasteiger partial charge in [0.05, 0.1) is 5.69 Å². The molecule has 24 heavy (non-hydrogen) atoms. The summed E-state index contributed by atoms with van der Waals surface area (Å²) < 4.78 is 0. The van der Waals surface area contributed by atoms with Gasteiger partial charge >= 0.3 is 0 Å². The van der Waals surface area contributed by atoms with Crippen LogP contribution in [0, 0.1) is 0 Å². The van der Waals surface area contributed by atoms with Gasteiger partial charge in [-0.1, -0.05) is 30.3 Å². The van der Waals surface area contributed by atoms with Crippen molar-refractivity contribution in [1.29, 1.82) is 0 Å². The molecule has 0 atom stereocenters. The van der Waals surface area contributed by atoms with Crippen LogP contribution in [0.4, 0.5) is 11.6 Å². The summed E-state index contributed by atoms with van der Waals surface area (Å²) in [5.74, 6) is 0.873. The third kappa shape index (κ3) is 3.55. The summed E-state index contributed by atoms with van der Waals surface area (Å²) in [4.78, 5) is 18.3. The van der Waals surface area contributed by atoms with Crippen LogP contribution in [0.3, 0.4) is 0 Å². The van der Waals surface area contributed by atoms with E-state index >= 15 is 0 Å². The number of rotatable bonds is 4. The fourth-order valence-corrected chi connectivity index (χ4v) is 2.15. The first-order valence-electron chi connectivity index (χ1n) is 7.47. The van der Waals surface area contributed by atoms with Crippen LogP contribution < -0.4 is 10.2 Å². The van der Waals surface area contributed by atoms with Gasteiger partial charge in [0.25, 0.3) is 5.91 Å². The van der Waals surface area contributed by atoms with Gasteiger partial charge < -0.3 is 10.2 Å².